The molecule has 1 saturated heterocycles. The standard InChI is InChI=1S/C17H18F3N3O4/c1-22-8-9-23(11-16(22)26)15(25)10-21-14(24)7-4-12-2-5-13(6-3-12)27-17(18,19)20/h2-7H,8-11H2,1H3,(H,21,24)/b7-4+. The lowest BCUT2D eigenvalue weighted by atomic mass is 10.2. The molecule has 1 aromatic carbocycles. The van der Waals surface area contributed by atoms with Crippen LogP contribution in [0.4, 0.5) is 13.2 Å². The van der Waals surface area contributed by atoms with E-state index < -0.39 is 12.3 Å². The van der Waals surface area contributed by atoms with Crippen molar-refractivity contribution >= 4 is 23.8 Å². The highest BCUT2D eigenvalue weighted by atomic mass is 19.4. The zero-order valence-electron chi connectivity index (χ0n) is 14.5. The molecule has 7 nitrogen and oxygen atoms in total. The smallest absolute Gasteiger partial charge is 0.406 e. The van der Waals surface area contributed by atoms with E-state index in [-0.39, 0.29) is 30.7 Å². The van der Waals surface area contributed by atoms with Gasteiger partial charge >= 0.3 is 6.36 Å². The van der Waals surface area contributed by atoms with Gasteiger partial charge in [-0.2, -0.15) is 0 Å². The number of ether oxygens (including phenoxy) is 1. The van der Waals surface area contributed by atoms with Gasteiger partial charge in [0.05, 0.1) is 13.1 Å². The summed E-state index contributed by atoms with van der Waals surface area (Å²) in [6.07, 6.45) is -2.23. The Balaban J connectivity index is 1.79. The highest BCUT2D eigenvalue weighted by Crippen LogP contribution is 2.22. The second-order valence-electron chi connectivity index (χ2n) is 5.80. The van der Waals surface area contributed by atoms with Gasteiger partial charge in [0.2, 0.25) is 17.7 Å². The fourth-order valence-electron chi connectivity index (χ4n) is 2.26. The molecule has 0 bridgehead atoms. The summed E-state index contributed by atoms with van der Waals surface area (Å²) in [5.74, 6) is -1.44. The first-order valence-electron chi connectivity index (χ1n) is 7.97. The number of carbonyl (C=O) groups excluding carboxylic acids is 3. The molecule has 1 aromatic rings. The van der Waals surface area contributed by atoms with Crippen LogP contribution < -0.4 is 10.1 Å². The maximum absolute atomic E-state index is 12.1. The van der Waals surface area contributed by atoms with Crippen molar-refractivity contribution in [2.45, 2.75) is 6.36 Å². The molecule has 0 spiro atoms. The van der Waals surface area contributed by atoms with Gasteiger partial charge in [-0.25, -0.2) is 0 Å². The molecule has 3 amide bonds. The van der Waals surface area contributed by atoms with Crippen LogP contribution in [0.3, 0.4) is 0 Å². The molecule has 0 atom stereocenters. The molecule has 1 aliphatic heterocycles. The van der Waals surface area contributed by atoms with E-state index in [9.17, 15) is 27.6 Å². The van der Waals surface area contributed by atoms with Crippen LogP contribution in [0.15, 0.2) is 30.3 Å². The van der Waals surface area contributed by atoms with E-state index in [1.807, 2.05) is 0 Å². The number of hydrogen-bond acceptors (Lipinski definition) is 4. The van der Waals surface area contributed by atoms with Crippen LogP contribution in [-0.4, -0.2) is 67.1 Å². The van der Waals surface area contributed by atoms with E-state index in [1.165, 1.54) is 28.0 Å². The highest BCUT2D eigenvalue weighted by molar-refractivity contribution is 5.95. The minimum absolute atomic E-state index is 0.0204. The van der Waals surface area contributed by atoms with Crippen molar-refractivity contribution in [1.29, 1.82) is 0 Å². The van der Waals surface area contributed by atoms with Crippen molar-refractivity contribution < 1.29 is 32.3 Å². The molecule has 1 fully saturated rings. The number of nitrogens with zero attached hydrogens (tertiary/aromatic N) is 2. The van der Waals surface area contributed by atoms with Gasteiger partial charge in [0.25, 0.3) is 0 Å². The number of nitrogens with one attached hydrogen (secondary N) is 1. The number of rotatable bonds is 5. The van der Waals surface area contributed by atoms with Crippen molar-refractivity contribution in [1.82, 2.24) is 15.1 Å². The van der Waals surface area contributed by atoms with Gasteiger partial charge in [0.1, 0.15) is 5.75 Å². The Hall–Kier alpha value is -3.04. The summed E-state index contributed by atoms with van der Waals surface area (Å²) in [6.45, 7) is 0.567. The maximum Gasteiger partial charge on any atom is 0.573 e. The van der Waals surface area contributed by atoms with Gasteiger partial charge in [-0.15, -0.1) is 13.2 Å². The summed E-state index contributed by atoms with van der Waals surface area (Å²) in [4.78, 5) is 38.2. The minimum Gasteiger partial charge on any atom is -0.406 e. The summed E-state index contributed by atoms with van der Waals surface area (Å²) in [7, 11) is 1.65. The third-order valence-electron chi connectivity index (χ3n) is 3.76. The molecule has 0 unspecified atom stereocenters. The molecule has 2 rings (SSSR count). The van der Waals surface area contributed by atoms with E-state index in [0.717, 1.165) is 18.2 Å². The Morgan fingerprint density at radius 1 is 1.22 bits per heavy atom. The normalized spacial score (nSPS) is 15.2. The van der Waals surface area contributed by atoms with E-state index in [4.69, 9.17) is 0 Å². The summed E-state index contributed by atoms with van der Waals surface area (Å²) < 4.78 is 40.0. The van der Waals surface area contributed by atoms with E-state index in [0.29, 0.717) is 18.7 Å². The Bertz CT molecular complexity index is 732. The molecule has 1 aliphatic rings. The molecule has 0 radical (unpaired) electrons. The molecule has 27 heavy (non-hydrogen) atoms. The molecular weight excluding hydrogens is 367 g/mol. The number of likely N-dealkylation sites (N-methyl/N-ethyl adjacent to an activating group) is 1. The third-order valence-corrected chi connectivity index (χ3v) is 3.76. The molecule has 146 valence electrons. The van der Waals surface area contributed by atoms with E-state index in [2.05, 4.69) is 10.1 Å². The van der Waals surface area contributed by atoms with Crippen LogP contribution >= 0.6 is 0 Å². The van der Waals surface area contributed by atoms with Crippen LogP contribution in [0.1, 0.15) is 5.56 Å². The first-order chi connectivity index (χ1) is 12.6. The number of alkyl halides is 3. The van der Waals surface area contributed by atoms with Gasteiger partial charge in [-0.3, -0.25) is 14.4 Å². The average molecular weight is 385 g/mol. The highest BCUT2D eigenvalue weighted by Gasteiger charge is 2.30. The average Bonchev–Trinajstić information content (AvgIpc) is 2.60. The number of hydrogen-bond donors (Lipinski definition) is 1. The number of halogens is 3. The van der Waals surface area contributed by atoms with E-state index >= 15 is 0 Å². The summed E-state index contributed by atoms with van der Waals surface area (Å²) in [5.41, 5.74) is 0.482. The Kier molecular flexibility index (Phi) is 6.43. The molecule has 0 aromatic heterocycles. The summed E-state index contributed by atoms with van der Waals surface area (Å²) >= 11 is 0. The molecule has 10 heteroatoms. The van der Waals surface area contributed by atoms with Crippen molar-refractivity contribution in [3.8, 4) is 5.75 Å². The fraction of sp³-hybridized carbons (Fsp3) is 0.353. The van der Waals surface area contributed by atoms with Gasteiger partial charge in [0, 0.05) is 26.2 Å². The van der Waals surface area contributed by atoms with Gasteiger partial charge in [0.15, 0.2) is 0 Å². The van der Waals surface area contributed by atoms with Gasteiger partial charge < -0.3 is 19.9 Å². The lowest BCUT2D eigenvalue weighted by Crippen LogP contribution is -2.52. The zero-order valence-corrected chi connectivity index (χ0v) is 14.5. The fourth-order valence-corrected chi connectivity index (χ4v) is 2.26. The van der Waals surface area contributed by atoms with Crippen LogP contribution in [0.5, 0.6) is 5.75 Å². The maximum atomic E-state index is 12.1. The number of amides is 3. The largest absolute Gasteiger partial charge is 0.573 e. The van der Waals surface area contributed by atoms with Crippen molar-refractivity contribution in [3.63, 3.8) is 0 Å². The van der Waals surface area contributed by atoms with Gasteiger partial charge in [-0.05, 0) is 23.8 Å². The van der Waals surface area contributed by atoms with Crippen LogP contribution in [0.25, 0.3) is 6.08 Å². The van der Waals surface area contributed by atoms with Crippen molar-refractivity contribution in [2.75, 3.05) is 33.2 Å². The first-order valence-corrected chi connectivity index (χ1v) is 7.97. The van der Waals surface area contributed by atoms with Crippen LogP contribution in [0.2, 0.25) is 0 Å². The zero-order chi connectivity index (χ0) is 20.0. The molecule has 0 aliphatic carbocycles. The SMILES string of the molecule is CN1CCN(C(=O)CNC(=O)/C=C/c2ccc(OC(F)(F)F)cc2)CC1=O. The molecule has 0 saturated carbocycles. The number of piperazine rings is 1. The quantitative estimate of drug-likeness (QED) is 0.768. The predicted octanol–water partition coefficient (Wildman–Crippen LogP) is 1.02. The first kappa shape index (κ1) is 20.3. The van der Waals surface area contributed by atoms with E-state index in [1.54, 1.807) is 7.05 Å². The molecular formula is C17H18F3N3O4. The second-order valence-corrected chi connectivity index (χ2v) is 5.80. The second kappa shape index (κ2) is 8.56. The minimum atomic E-state index is -4.77. The monoisotopic (exact) mass is 385 g/mol. The summed E-state index contributed by atoms with van der Waals surface area (Å²) in [6, 6.07) is 4.95. The number of benzene rings is 1. The lowest BCUT2D eigenvalue weighted by Gasteiger charge is -2.31. The Morgan fingerprint density at radius 3 is 2.48 bits per heavy atom. The number of carbonyl (C=O) groups is 3. The van der Waals surface area contributed by atoms with Crippen molar-refractivity contribution in [3.05, 3.63) is 35.9 Å². The lowest BCUT2D eigenvalue weighted by molar-refractivity contribution is -0.274. The molecule has 1 heterocycles. The Labute approximate surface area is 153 Å². The summed E-state index contributed by atoms with van der Waals surface area (Å²) in [5, 5.41) is 2.40. The Morgan fingerprint density at radius 2 is 1.89 bits per heavy atom. The van der Waals surface area contributed by atoms with Crippen LogP contribution in [0, 0.1) is 0 Å². The van der Waals surface area contributed by atoms with Gasteiger partial charge in [-0.1, -0.05) is 12.1 Å². The van der Waals surface area contributed by atoms with Crippen LogP contribution in [-0.2, 0) is 14.4 Å². The van der Waals surface area contributed by atoms with Crippen molar-refractivity contribution in [2.24, 2.45) is 0 Å². The third kappa shape index (κ3) is 6.65. The topological polar surface area (TPSA) is 78.9 Å². The molecule has 1 N–H and O–H groups in total. The predicted molar refractivity (Wildman–Crippen MR) is 89.4 cm³/mol.